The van der Waals surface area contributed by atoms with Gasteiger partial charge in [0, 0.05) is 6.61 Å². The van der Waals surface area contributed by atoms with Crippen molar-refractivity contribution in [3.8, 4) is 17.2 Å². The molecule has 0 unspecified atom stereocenters. The summed E-state index contributed by atoms with van der Waals surface area (Å²) in [5.74, 6) is 2.14. The van der Waals surface area contributed by atoms with Gasteiger partial charge in [0.15, 0.2) is 11.5 Å². The van der Waals surface area contributed by atoms with E-state index in [1.54, 1.807) is 14.2 Å². The van der Waals surface area contributed by atoms with Crippen LogP contribution in [-0.2, 0) is 4.74 Å². The molecule has 0 bridgehead atoms. The Labute approximate surface area is 145 Å². The van der Waals surface area contributed by atoms with Crippen molar-refractivity contribution in [2.45, 2.75) is 44.6 Å². The van der Waals surface area contributed by atoms with Crippen LogP contribution in [0, 0.1) is 0 Å². The lowest BCUT2D eigenvalue weighted by molar-refractivity contribution is -0.661. The fourth-order valence-electron chi connectivity index (χ4n) is 3.01. The molecule has 0 spiro atoms. The maximum atomic E-state index is 5.87. The van der Waals surface area contributed by atoms with Crippen LogP contribution in [0.5, 0.6) is 17.2 Å². The number of hydrogen-bond acceptors (Lipinski definition) is 4. The van der Waals surface area contributed by atoms with Gasteiger partial charge in [-0.2, -0.15) is 0 Å². The summed E-state index contributed by atoms with van der Waals surface area (Å²) in [6, 6.07) is 5.68. The first-order valence-corrected chi connectivity index (χ1v) is 9.12. The molecule has 1 saturated heterocycles. The zero-order valence-electron chi connectivity index (χ0n) is 15.1. The molecule has 0 saturated carbocycles. The van der Waals surface area contributed by atoms with Gasteiger partial charge < -0.3 is 24.3 Å². The SMILES string of the molecule is COc1cccc(OC)c1OCCCCCC[NH2+]C[C@H]1CCCO1. The first-order chi connectivity index (χ1) is 11.8. The lowest BCUT2D eigenvalue weighted by Gasteiger charge is -2.14. The van der Waals surface area contributed by atoms with Crippen LogP contribution < -0.4 is 19.5 Å². The van der Waals surface area contributed by atoms with Crippen molar-refractivity contribution in [3.63, 3.8) is 0 Å². The molecule has 1 aliphatic rings. The second kappa shape index (κ2) is 11.2. The van der Waals surface area contributed by atoms with Gasteiger partial charge in [-0.25, -0.2) is 0 Å². The summed E-state index contributed by atoms with van der Waals surface area (Å²) in [6.45, 7) is 3.96. The monoisotopic (exact) mass is 338 g/mol. The zero-order chi connectivity index (χ0) is 17.0. The summed E-state index contributed by atoms with van der Waals surface area (Å²) in [7, 11) is 3.30. The van der Waals surface area contributed by atoms with Crippen molar-refractivity contribution in [2.24, 2.45) is 0 Å². The number of unbranched alkanes of at least 4 members (excludes halogenated alkanes) is 3. The first kappa shape index (κ1) is 18.9. The van der Waals surface area contributed by atoms with Crippen molar-refractivity contribution in [1.29, 1.82) is 0 Å². The lowest BCUT2D eigenvalue weighted by Crippen LogP contribution is -2.86. The second-order valence-corrected chi connectivity index (χ2v) is 6.20. The van der Waals surface area contributed by atoms with Gasteiger partial charge in [0.1, 0.15) is 12.6 Å². The Bertz CT molecular complexity index is 438. The summed E-state index contributed by atoms with van der Waals surface area (Å²) in [5.41, 5.74) is 0. The van der Waals surface area contributed by atoms with Crippen molar-refractivity contribution >= 4 is 0 Å². The number of hydrogen-bond donors (Lipinski definition) is 1. The van der Waals surface area contributed by atoms with E-state index in [0.29, 0.717) is 18.5 Å². The van der Waals surface area contributed by atoms with Gasteiger partial charge in [-0.15, -0.1) is 0 Å². The molecule has 5 nitrogen and oxygen atoms in total. The minimum absolute atomic E-state index is 0.495. The van der Waals surface area contributed by atoms with E-state index in [1.807, 2.05) is 18.2 Å². The number of para-hydroxylation sites is 1. The van der Waals surface area contributed by atoms with Crippen molar-refractivity contribution in [3.05, 3.63) is 18.2 Å². The molecule has 1 aliphatic heterocycles. The van der Waals surface area contributed by atoms with Gasteiger partial charge in [0.25, 0.3) is 0 Å². The Morgan fingerprint density at radius 3 is 2.50 bits per heavy atom. The average Bonchev–Trinajstić information content (AvgIpc) is 3.13. The summed E-state index contributed by atoms with van der Waals surface area (Å²) in [4.78, 5) is 0. The highest BCUT2D eigenvalue weighted by atomic mass is 16.5. The molecule has 24 heavy (non-hydrogen) atoms. The van der Waals surface area contributed by atoms with E-state index in [1.165, 1.54) is 38.6 Å². The van der Waals surface area contributed by atoms with Gasteiger partial charge in [0.05, 0.1) is 27.4 Å². The summed E-state index contributed by atoms with van der Waals surface area (Å²) < 4.78 is 22.2. The maximum absolute atomic E-state index is 5.87. The zero-order valence-corrected chi connectivity index (χ0v) is 15.1. The Kier molecular flexibility index (Phi) is 8.77. The van der Waals surface area contributed by atoms with E-state index < -0.39 is 0 Å². The number of benzene rings is 1. The van der Waals surface area contributed by atoms with Gasteiger partial charge in [-0.3, -0.25) is 0 Å². The molecule has 0 amide bonds. The minimum atomic E-state index is 0.495. The minimum Gasteiger partial charge on any atom is -0.493 e. The summed E-state index contributed by atoms with van der Waals surface area (Å²) in [5, 5.41) is 2.40. The standard InChI is InChI=1S/C19H31NO4/c1-21-17-10-7-11-18(22-2)19(17)24-13-6-4-3-5-12-20-15-16-9-8-14-23-16/h7,10-11,16,20H,3-6,8-9,12-15H2,1-2H3/p+1/t16-/m1/s1. The van der Waals surface area contributed by atoms with E-state index in [2.05, 4.69) is 5.32 Å². The average molecular weight is 338 g/mol. The molecule has 1 atom stereocenters. The third-order valence-electron chi connectivity index (χ3n) is 4.39. The number of nitrogens with two attached hydrogens (primary N) is 1. The molecular formula is C19H32NO4+. The molecule has 0 radical (unpaired) electrons. The van der Waals surface area contributed by atoms with E-state index in [0.717, 1.165) is 31.1 Å². The van der Waals surface area contributed by atoms with Crippen LogP contribution in [0.1, 0.15) is 38.5 Å². The topological polar surface area (TPSA) is 53.5 Å². The Morgan fingerprint density at radius 1 is 1.08 bits per heavy atom. The smallest absolute Gasteiger partial charge is 0.203 e. The van der Waals surface area contributed by atoms with E-state index in [-0.39, 0.29) is 0 Å². The number of methoxy groups -OCH3 is 2. The van der Waals surface area contributed by atoms with Gasteiger partial charge in [-0.1, -0.05) is 6.07 Å². The molecule has 1 heterocycles. The number of rotatable bonds is 12. The van der Waals surface area contributed by atoms with Gasteiger partial charge in [0.2, 0.25) is 5.75 Å². The summed E-state index contributed by atoms with van der Waals surface area (Å²) in [6.07, 6.45) is 7.70. The highest BCUT2D eigenvalue weighted by Crippen LogP contribution is 2.36. The predicted octanol–water partition coefficient (Wildman–Crippen LogP) is 2.39. The van der Waals surface area contributed by atoms with Crippen LogP contribution >= 0.6 is 0 Å². The fourth-order valence-corrected chi connectivity index (χ4v) is 3.01. The van der Waals surface area contributed by atoms with E-state index in [4.69, 9.17) is 18.9 Å². The lowest BCUT2D eigenvalue weighted by atomic mass is 10.2. The van der Waals surface area contributed by atoms with Gasteiger partial charge >= 0.3 is 0 Å². The van der Waals surface area contributed by atoms with Crippen molar-refractivity contribution < 1.29 is 24.3 Å². The van der Waals surface area contributed by atoms with Crippen LogP contribution in [0.3, 0.4) is 0 Å². The van der Waals surface area contributed by atoms with Crippen LogP contribution in [0.4, 0.5) is 0 Å². The molecule has 2 N–H and O–H groups in total. The first-order valence-electron chi connectivity index (χ1n) is 9.12. The number of ether oxygens (including phenoxy) is 4. The molecular weight excluding hydrogens is 306 g/mol. The molecule has 2 rings (SSSR count). The Hall–Kier alpha value is -1.46. The Morgan fingerprint density at radius 2 is 1.83 bits per heavy atom. The third kappa shape index (κ3) is 6.21. The highest BCUT2D eigenvalue weighted by molar-refractivity contribution is 5.51. The fraction of sp³-hybridized carbons (Fsp3) is 0.684. The molecule has 0 aromatic heterocycles. The van der Waals surface area contributed by atoms with Crippen LogP contribution in [0.15, 0.2) is 18.2 Å². The molecule has 5 heteroatoms. The maximum Gasteiger partial charge on any atom is 0.203 e. The molecule has 1 fully saturated rings. The Balaban J connectivity index is 1.52. The van der Waals surface area contributed by atoms with Crippen molar-refractivity contribution in [2.75, 3.05) is 40.5 Å². The molecule has 136 valence electrons. The second-order valence-electron chi connectivity index (χ2n) is 6.20. The highest BCUT2D eigenvalue weighted by Gasteiger charge is 2.16. The third-order valence-corrected chi connectivity index (χ3v) is 4.39. The van der Waals surface area contributed by atoms with Crippen LogP contribution in [0.25, 0.3) is 0 Å². The predicted molar refractivity (Wildman–Crippen MR) is 94.1 cm³/mol. The molecule has 1 aromatic carbocycles. The summed E-state index contributed by atoms with van der Waals surface area (Å²) >= 11 is 0. The molecule has 0 aliphatic carbocycles. The van der Waals surface area contributed by atoms with Crippen molar-refractivity contribution in [1.82, 2.24) is 0 Å². The van der Waals surface area contributed by atoms with Crippen LogP contribution in [0.2, 0.25) is 0 Å². The van der Waals surface area contributed by atoms with Gasteiger partial charge in [-0.05, 0) is 50.7 Å². The van der Waals surface area contributed by atoms with Crippen LogP contribution in [-0.4, -0.2) is 46.6 Å². The largest absolute Gasteiger partial charge is 0.493 e. The van der Waals surface area contributed by atoms with E-state index in [9.17, 15) is 0 Å². The number of quaternary nitrogens is 1. The molecule has 1 aromatic rings. The normalized spacial score (nSPS) is 17.0. The van der Waals surface area contributed by atoms with E-state index >= 15 is 0 Å². The quantitative estimate of drug-likeness (QED) is 0.595.